The molecule has 0 aromatic heterocycles. The van der Waals surface area contributed by atoms with E-state index in [-0.39, 0.29) is 24.6 Å². The molecule has 2 fully saturated rings. The van der Waals surface area contributed by atoms with Gasteiger partial charge in [-0.15, -0.1) is 0 Å². The molecule has 0 radical (unpaired) electrons. The van der Waals surface area contributed by atoms with Gasteiger partial charge in [-0.05, 0) is 31.4 Å². The van der Waals surface area contributed by atoms with Crippen LogP contribution in [0.5, 0.6) is 5.75 Å². The number of aliphatic carboxylic acids is 1. The highest BCUT2D eigenvalue weighted by molar-refractivity contribution is 7.98. The van der Waals surface area contributed by atoms with E-state index in [0.29, 0.717) is 11.3 Å². The van der Waals surface area contributed by atoms with Gasteiger partial charge in [-0.3, -0.25) is 24.6 Å². The monoisotopic (exact) mass is 378 g/mol. The number of phenols is 1. The van der Waals surface area contributed by atoms with Crippen LogP contribution in [-0.4, -0.2) is 57.0 Å². The summed E-state index contributed by atoms with van der Waals surface area (Å²) in [6.07, 6.45) is 2.08. The van der Waals surface area contributed by atoms with Crippen molar-refractivity contribution in [3.05, 3.63) is 29.8 Å². The summed E-state index contributed by atoms with van der Waals surface area (Å²) in [5, 5.41) is 23.3. The number of carboxylic acid groups (broad SMARTS) is 1. The minimum Gasteiger partial charge on any atom is -0.508 e. The van der Waals surface area contributed by atoms with Gasteiger partial charge in [-0.25, -0.2) is 0 Å². The van der Waals surface area contributed by atoms with E-state index in [9.17, 15) is 24.6 Å². The maximum absolute atomic E-state index is 12.9. The molecule has 3 N–H and O–H groups in total. The maximum atomic E-state index is 12.9. The number of imide groups is 1. The van der Waals surface area contributed by atoms with Gasteiger partial charge < -0.3 is 10.2 Å². The predicted molar refractivity (Wildman–Crippen MR) is 96.7 cm³/mol. The molecule has 2 amide bonds. The van der Waals surface area contributed by atoms with Gasteiger partial charge in [-0.2, -0.15) is 11.8 Å². The van der Waals surface area contributed by atoms with Crippen molar-refractivity contribution in [1.82, 2.24) is 10.2 Å². The van der Waals surface area contributed by atoms with Crippen LogP contribution in [-0.2, 0) is 14.4 Å². The topological polar surface area (TPSA) is 107 Å². The van der Waals surface area contributed by atoms with E-state index >= 15 is 0 Å². The van der Waals surface area contributed by atoms with Gasteiger partial charge in [-0.1, -0.05) is 18.2 Å². The third-order valence-electron chi connectivity index (χ3n) is 5.42. The molecule has 0 spiro atoms. The highest BCUT2D eigenvalue weighted by Gasteiger charge is 2.68. The van der Waals surface area contributed by atoms with Crippen LogP contribution in [0.1, 0.15) is 24.9 Å². The summed E-state index contributed by atoms with van der Waals surface area (Å²) in [5.41, 5.74) is -1.09. The molecule has 0 aliphatic carbocycles. The SMILES string of the molecule is CCN1C(=O)[C@@H]2[C@H](c3ccccc3O)N[C@@](CCSC)(C(=O)O)[C@H]2C1=O. The first-order valence-corrected chi connectivity index (χ1v) is 9.91. The molecule has 2 heterocycles. The number of aromatic hydroxyl groups is 1. The number of likely N-dealkylation sites (tertiary alicyclic amines) is 1. The lowest BCUT2D eigenvalue weighted by molar-refractivity contribution is -0.151. The van der Waals surface area contributed by atoms with Crippen molar-refractivity contribution in [2.45, 2.75) is 24.9 Å². The smallest absolute Gasteiger partial charge is 0.324 e. The van der Waals surface area contributed by atoms with Crippen LogP contribution in [0.4, 0.5) is 0 Å². The molecule has 8 heteroatoms. The molecule has 2 aliphatic heterocycles. The van der Waals surface area contributed by atoms with Crippen LogP contribution in [0.2, 0.25) is 0 Å². The van der Waals surface area contributed by atoms with Gasteiger partial charge in [0.2, 0.25) is 11.8 Å². The molecule has 4 atom stereocenters. The number of amides is 2. The van der Waals surface area contributed by atoms with Gasteiger partial charge in [0.05, 0.1) is 11.8 Å². The first-order valence-electron chi connectivity index (χ1n) is 8.52. The standard InChI is InChI=1S/C18H22N2O5S/c1-3-20-15(22)12-13(16(20)23)18(17(24)25,8-9-26-2)19-14(12)10-6-4-5-7-11(10)21/h4-7,12-14,19,21H,3,8-9H2,1-2H3,(H,24,25)/t12-,13+,14-,18+/m0/s1. The summed E-state index contributed by atoms with van der Waals surface area (Å²) in [7, 11) is 0. The van der Waals surface area contributed by atoms with Gasteiger partial charge in [0.1, 0.15) is 11.3 Å². The van der Waals surface area contributed by atoms with E-state index in [1.165, 1.54) is 17.8 Å². The van der Waals surface area contributed by atoms with Crippen molar-refractivity contribution in [3.8, 4) is 5.75 Å². The largest absolute Gasteiger partial charge is 0.508 e. The van der Waals surface area contributed by atoms with Crippen LogP contribution >= 0.6 is 11.8 Å². The van der Waals surface area contributed by atoms with Gasteiger partial charge >= 0.3 is 5.97 Å². The van der Waals surface area contributed by atoms with Crippen molar-refractivity contribution in [1.29, 1.82) is 0 Å². The predicted octanol–water partition coefficient (Wildman–Crippen LogP) is 1.23. The summed E-state index contributed by atoms with van der Waals surface area (Å²) in [6.45, 7) is 1.90. The summed E-state index contributed by atoms with van der Waals surface area (Å²) < 4.78 is 0. The Morgan fingerprint density at radius 2 is 2.00 bits per heavy atom. The molecule has 140 valence electrons. The first kappa shape index (κ1) is 18.7. The van der Waals surface area contributed by atoms with Crippen LogP contribution in [0, 0.1) is 11.8 Å². The molecule has 26 heavy (non-hydrogen) atoms. The number of hydrogen-bond acceptors (Lipinski definition) is 6. The van der Waals surface area contributed by atoms with Crippen LogP contribution < -0.4 is 5.32 Å². The molecule has 1 aromatic carbocycles. The Morgan fingerprint density at radius 3 is 2.58 bits per heavy atom. The van der Waals surface area contributed by atoms with Crippen LogP contribution in [0.3, 0.4) is 0 Å². The number of carbonyl (C=O) groups is 3. The number of carboxylic acids is 1. The maximum Gasteiger partial charge on any atom is 0.324 e. The number of benzene rings is 1. The Hall–Kier alpha value is -2.06. The Balaban J connectivity index is 2.14. The molecule has 0 saturated carbocycles. The van der Waals surface area contributed by atoms with Gasteiger partial charge in [0.15, 0.2) is 0 Å². The Bertz CT molecular complexity index is 755. The van der Waals surface area contributed by atoms with Gasteiger partial charge in [0.25, 0.3) is 0 Å². The lowest BCUT2D eigenvalue weighted by Crippen LogP contribution is -2.56. The molecular formula is C18H22N2O5S. The number of hydrogen-bond donors (Lipinski definition) is 3. The number of phenolic OH excluding ortho intramolecular Hbond substituents is 1. The quantitative estimate of drug-likeness (QED) is 0.639. The molecule has 2 saturated heterocycles. The van der Waals surface area contributed by atoms with Crippen molar-refractivity contribution >= 4 is 29.5 Å². The summed E-state index contributed by atoms with van der Waals surface area (Å²) >= 11 is 1.48. The molecule has 2 aliphatic rings. The normalized spacial score (nSPS) is 30.7. The average Bonchev–Trinajstić information content (AvgIpc) is 3.08. The van der Waals surface area contributed by atoms with Crippen LogP contribution in [0.15, 0.2) is 24.3 Å². The molecular weight excluding hydrogens is 356 g/mol. The van der Waals surface area contributed by atoms with Gasteiger partial charge in [0, 0.05) is 18.2 Å². The number of para-hydroxylation sites is 1. The average molecular weight is 378 g/mol. The molecule has 7 nitrogen and oxygen atoms in total. The zero-order valence-electron chi connectivity index (χ0n) is 14.6. The summed E-state index contributed by atoms with van der Waals surface area (Å²) in [5.74, 6) is -3.28. The Morgan fingerprint density at radius 1 is 1.31 bits per heavy atom. The number of nitrogens with one attached hydrogen (secondary N) is 1. The van der Waals surface area contributed by atoms with Crippen molar-refractivity contribution < 1.29 is 24.6 Å². The Kier molecular flexibility index (Phi) is 4.98. The zero-order valence-corrected chi connectivity index (χ0v) is 15.5. The van der Waals surface area contributed by atoms with Crippen molar-refractivity contribution in [3.63, 3.8) is 0 Å². The fourth-order valence-electron chi connectivity index (χ4n) is 4.19. The second kappa shape index (κ2) is 6.92. The lowest BCUT2D eigenvalue weighted by atomic mass is 9.78. The lowest BCUT2D eigenvalue weighted by Gasteiger charge is -2.31. The van der Waals surface area contributed by atoms with E-state index in [2.05, 4.69) is 5.32 Å². The second-order valence-corrected chi connectivity index (χ2v) is 7.61. The highest BCUT2D eigenvalue weighted by Crippen LogP contribution is 2.51. The number of fused-ring (bicyclic) bond motifs is 1. The van der Waals surface area contributed by atoms with E-state index in [1.54, 1.807) is 25.1 Å². The number of thioether (sulfide) groups is 1. The van der Waals surface area contributed by atoms with Crippen LogP contribution in [0.25, 0.3) is 0 Å². The van der Waals surface area contributed by atoms with Crippen molar-refractivity contribution in [2.24, 2.45) is 11.8 Å². The first-order chi connectivity index (χ1) is 12.4. The zero-order chi connectivity index (χ0) is 19.1. The minimum absolute atomic E-state index is 0.0231. The fourth-order valence-corrected chi connectivity index (χ4v) is 4.71. The molecule has 0 bridgehead atoms. The number of rotatable bonds is 6. The van der Waals surface area contributed by atoms with E-state index in [4.69, 9.17) is 0 Å². The second-order valence-electron chi connectivity index (χ2n) is 6.62. The Labute approximate surface area is 155 Å². The summed E-state index contributed by atoms with van der Waals surface area (Å²) in [6, 6.07) is 5.79. The van der Waals surface area contributed by atoms with E-state index in [1.807, 2.05) is 6.26 Å². The van der Waals surface area contributed by atoms with Crippen molar-refractivity contribution in [2.75, 3.05) is 18.6 Å². The molecule has 0 unspecified atom stereocenters. The van der Waals surface area contributed by atoms with E-state index < -0.39 is 35.3 Å². The van der Waals surface area contributed by atoms with E-state index in [0.717, 1.165) is 4.90 Å². The summed E-state index contributed by atoms with van der Waals surface area (Å²) in [4.78, 5) is 39.2. The number of carbonyl (C=O) groups excluding carboxylic acids is 2. The molecule has 3 rings (SSSR count). The third kappa shape index (κ3) is 2.59. The molecule has 1 aromatic rings. The number of nitrogens with zero attached hydrogens (tertiary/aromatic N) is 1. The minimum atomic E-state index is -1.53. The fraction of sp³-hybridized carbons (Fsp3) is 0.500. The highest BCUT2D eigenvalue weighted by atomic mass is 32.2. The third-order valence-corrected chi connectivity index (χ3v) is 6.03.